The zero-order valence-electron chi connectivity index (χ0n) is 23.3. The minimum Gasteiger partial charge on any atom is -0.339 e. The summed E-state index contributed by atoms with van der Waals surface area (Å²) < 4.78 is 16.6. The maximum absolute atomic E-state index is 15.1. The van der Waals surface area contributed by atoms with Crippen LogP contribution in [0.2, 0.25) is 5.02 Å². The Hall–Kier alpha value is -3.93. The summed E-state index contributed by atoms with van der Waals surface area (Å²) in [5.41, 5.74) is 9.47. The van der Waals surface area contributed by atoms with Gasteiger partial charge in [0.15, 0.2) is 11.6 Å². The van der Waals surface area contributed by atoms with Gasteiger partial charge in [0.05, 0.1) is 16.4 Å². The molecule has 5 aromatic rings. The Balaban J connectivity index is 1.22. The van der Waals surface area contributed by atoms with E-state index in [1.54, 1.807) is 24.4 Å². The summed E-state index contributed by atoms with van der Waals surface area (Å²) in [6.07, 6.45) is 8.11. The molecule has 218 valence electrons. The predicted molar refractivity (Wildman–Crippen MR) is 160 cm³/mol. The van der Waals surface area contributed by atoms with Crippen molar-refractivity contribution in [1.82, 2.24) is 40.5 Å². The van der Waals surface area contributed by atoms with Crippen molar-refractivity contribution in [2.45, 2.75) is 70.0 Å². The third-order valence-corrected chi connectivity index (χ3v) is 8.16. The van der Waals surface area contributed by atoms with Gasteiger partial charge in [-0.1, -0.05) is 28.9 Å². The monoisotopic (exact) mass is 589 g/mol. The molecule has 3 aromatic heterocycles. The van der Waals surface area contributed by atoms with Crippen LogP contribution in [0.3, 0.4) is 0 Å². The maximum Gasteiger partial charge on any atom is 0.354 e. The van der Waals surface area contributed by atoms with Crippen LogP contribution >= 0.6 is 11.6 Å². The molecule has 1 aliphatic heterocycles. The Labute approximate surface area is 246 Å². The van der Waals surface area contributed by atoms with Gasteiger partial charge in [0.2, 0.25) is 0 Å². The molecule has 0 spiro atoms. The molecule has 4 heterocycles. The van der Waals surface area contributed by atoms with Crippen molar-refractivity contribution in [3.8, 4) is 16.9 Å². The van der Waals surface area contributed by atoms with Crippen LogP contribution < -0.4 is 16.7 Å². The van der Waals surface area contributed by atoms with E-state index in [4.69, 9.17) is 17.3 Å². The van der Waals surface area contributed by atoms with Crippen LogP contribution in [0.25, 0.3) is 28.0 Å². The van der Waals surface area contributed by atoms with Crippen LogP contribution in [0.1, 0.15) is 62.0 Å². The number of benzene rings is 2. The number of halogens is 2. The Morgan fingerprint density at radius 1 is 1.19 bits per heavy atom. The normalized spacial score (nSPS) is 18.0. The molecule has 1 fully saturated rings. The van der Waals surface area contributed by atoms with Crippen molar-refractivity contribution in [3.05, 3.63) is 86.9 Å². The lowest BCUT2D eigenvalue weighted by Crippen LogP contribution is -2.38. The summed E-state index contributed by atoms with van der Waals surface area (Å²) in [5, 5.41) is 18.7. The van der Waals surface area contributed by atoms with Crippen LogP contribution in [0.15, 0.2) is 53.5 Å². The van der Waals surface area contributed by atoms with Crippen molar-refractivity contribution in [2.75, 3.05) is 0 Å². The number of hydrogen-bond donors (Lipinski definition) is 4. The molecule has 42 heavy (non-hydrogen) atoms. The first kappa shape index (κ1) is 28.2. The number of H-pyrrole nitrogens is 2. The highest BCUT2D eigenvalue weighted by Gasteiger charge is 2.24. The largest absolute Gasteiger partial charge is 0.354 e. The molecular formula is C30H33ClFN9O. The number of nitrogens with one attached hydrogen (secondary N) is 3. The lowest BCUT2D eigenvalue weighted by molar-refractivity contribution is 0.320. The Morgan fingerprint density at radius 2 is 2.02 bits per heavy atom. The van der Waals surface area contributed by atoms with Gasteiger partial charge in [-0.15, -0.1) is 10.2 Å². The van der Waals surface area contributed by atoms with Gasteiger partial charge in [-0.3, -0.25) is 4.57 Å². The average Bonchev–Trinajstić information content (AvgIpc) is 3.64. The number of hydrogen-bond acceptors (Lipinski definition) is 7. The van der Waals surface area contributed by atoms with E-state index in [0.717, 1.165) is 56.1 Å². The van der Waals surface area contributed by atoms with E-state index in [0.29, 0.717) is 33.8 Å². The summed E-state index contributed by atoms with van der Waals surface area (Å²) in [7, 11) is 0. The van der Waals surface area contributed by atoms with E-state index in [1.807, 2.05) is 31.2 Å². The number of rotatable bonds is 9. The number of nitrogens with two attached hydrogens (primary N) is 1. The summed E-state index contributed by atoms with van der Waals surface area (Å²) in [4.78, 5) is 20.4. The van der Waals surface area contributed by atoms with Gasteiger partial charge in [0.1, 0.15) is 5.65 Å². The second-order valence-electron chi connectivity index (χ2n) is 11.2. The molecule has 0 aliphatic carbocycles. The van der Waals surface area contributed by atoms with Gasteiger partial charge in [-0.25, -0.2) is 9.18 Å². The number of nitrogens with zero attached hydrogens (tertiary/aromatic N) is 5. The van der Waals surface area contributed by atoms with E-state index in [9.17, 15) is 4.79 Å². The summed E-state index contributed by atoms with van der Waals surface area (Å²) >= 11 is 6.25. The lowest BCUT2D eigenvalue weighted by atomic mass is 9.92. The molecule has 2 aromatic carbocycles. The van der Waals surface area contributed by atoms with Crippen LogP contribution in [0.5, 0.6) is 0 Å². The van der Waals surface area contributed by atoms with E-state index in [2.05, 4.69) is 35.9 Å². The first-order valence-electron chi connectivity index (χ1n) is 14.3. The van der Waals surface area contributed by atoms with E-state index in [1.165, 1.54) is 4.57 Å². The second kappa shape index (κ2) is 12.1. The van der Waals surface area contributed by atoms with Crippen LogP contribution in [0, 0.1) is 5.82 Å². The fraction of sp³-hybridized carbons (Fsp3) is 0.367. The van der Waals surface area contributed by atoms with E-state index < -0.39 is 11.5 Å². The minimum atomic E-state index is -0.513. The molecule has 0 radical (unpaired) electrons. The average molecular weight is 590 g/mol. The molecule has 12 heteroatoms. The fourth-order valence-electron chi connectivity index (χ4n) is 5.74. The summed E-state index contributed by atoms with van der Waals surface area (Å²) in [5.74, 6) is 0.190. The molecule has 1 saturated heterocycles. The highest BCUT2D eigenvalue weighted by Crippen LogP contribution is 2.32. The molecule has 0 amide bonds. The first-order valence-corrected chi connectivity index (χ1v) is 14.7. The smallest absolute Gasteiger partial charge is 0.339 e. The van der Waals surface area contributed by atoms with Crippen LogP contribution in [0.4, 0.5) is 4.39 Å². The molecule has 0 bridgehead atoms. The number of aromatic amines is 2. The van der Waals surface area contributed by atoms with Crippen molar-refractivity contribution in [2.24, 2.45) is 5.73 Å². The fourth-order valence-corrected chi connectivity index (χ4v) is 5.98. The van der Waals surface area contributed by atoms with Crippen LogP contribution in [-0.2, 0) is 12.8 Å². The number of aryl methyl sites for hydroxylation is 1. The van der Waals surface area contributed by atoms with Gasteiger partial charge in [-0.05, 0) is 86.9 Å². The lowest BCUT2D eigenvalue weighted by Gasteiger charge is -2.31. The Kier molecular flexibility index (Phi) is 8.14. The quantitative estimate of drug-likeness (QED) is 0.194. The van der Waals surface area contributed by atoms with Crippen molar-refractivity contribution >= 4 is 22.6 Å². The van der Waals surface area contributed by atoms with Gasteiger partial charge < -0.3 is 16.0 Å². The van der Waals surface area contributed by atoms with Crippen molar-refractivity contribution in [3.63, 3.8) is 0 Å². The van der Waals surface area contributed by atoms with Crippen molar-refractivity contribution < 1.29 is 4.39 Å². The van der Waals surface area contributed by atoms with Gasteiger partial charge in [-0.2, -0.15) is 10.2 Å². The van der Waals surface area contributed by atoms with Gasteiger partial charge in [0, 0.05) is 41.7 Å². The number of tetrazole rings is 1. The summed E-state index contributed by atoms with van der Waals surface area (Å²) in [6.45, 7) is 1.97. The van der Waals surface area contributed by atoms with Crippen molar-refractivity contribution in [1.29, 1.82) is 0 Å². The zero-order chi connectivity index (χ0) is 29.2. The van der Waals surface area contributed by atoms with Gasteiger partial charge >= 0.3 is 5.69 Å². The SMILES string of the molecule is C[C@H](N)CCCc1cc(Cl)c(F)c(-c2cc3cn(-c4ccc([C@@H]5CCC[C@@H](Cc6nn[nH]n6)N5)cc4)c(=O)nc3[nH]2)c1. The molecule has 10 nitrogen and oxygen atoms in total. The van der Waals surface area contributed by atoms with E-state index in [-0.39, 0.29) is 23.1 Å². The molecule has 6 rings (SSSR count). The number of aromatic nitrogens is 7. The molecule has 3 atom stereocenters. The Morgan fingerprint density at radius 3 is 2.79 bits per heavy atom. The maximum atomic E-state index is 15.1. The molecular weight excluding hydrogens is 557 g/mol. The predicted octanol–water partition coefficient (Wildman–Crippen LogP) is 4.78. The third kappa shape index (κ3) is 6.13. The first-order chi connectivity index (χ1) is 20.3. The molecule has 0 saturated carbocycles. The molecule has 5 N–H and O–H groups in total. The number of fused-ring (bicyclic) bond motifs is 1. The molecule has 0 unspecified atom stereocenters. The highest BCUT2D eigenvalue weighted by molar-refractivity contribution is 6.31. The standard InChI is InChI=1S/C30H33ClFN9O/c1-17(33)4-2-5-18-12-23(28(32)24(31)13-18)26-14-20-16-41(30(42)36-29(20)35-26)22-10-8-19(9-11-22)25-7-3-6-21(34-25)15-27-37-39-40-38-27/h8-14,16-17,21,25,34H,2-7,15,33H2,1H3,(H,35,36,42)(H,37,38,39,40)/t17-,21-,25-/m0/s1. The summed E-state index contributed by atoms with van der Waals surface area (Å²) in [6, 6.07) is 13.8. The third-order valence-electron chi connectivity index (χ3n) is 7.89. The second-order valence-corrected chi connectivity index (χ2v) is 11.6. The zero-order valence-corrected chi connectivity index (χ0v) is 24.0. The van der Waals surface area contributed by atoms with Gasteiger partial charge in [0.25, 0.3) is 0 Å². The molecule has 1 aliphatic rings. The van der Waals surface area contributed by atoms with Crippen LogP contribution in [-0.4, -0.2) is 47.2 Å². The van der Waals surface area contributed by atoms with E-state index >= 15 is 4.39 Å². The minimum absolute atomic E-state index is 0.0585. The topological polar surface area (TPSA) is 143 Å². The Bertz CT molecular complexity index is 1730. The number of piperidine rings is 1. The highest BCUT2D eigenvalue weighted by atomic mass is 35.5.